The Balaban J connectivity index is 2.08. The molecule has 0 aromatic rings. The number of hydrogen-bond donors (Lipinski definition) is 2. The molecule has 3 nitrogen and oxygen atoms in total. The summed E-state index contributed by atoms with van der Waals surface area (Å²) in [4.78, 5) is 11.4. The van der Waals surface area contributed by atoms with Crippen LogP contribution in [0.5, 0.6) is 0 Å². The molecule has 1 fully saturated rings. The molecular weight excluding hydrogens is 176 g/mol. The minimum atomic E-state index is 0.131. The van der Waals surface area contributed by atoms with E-state index < -0.39 is 0 Å². The van der Waals surface area contributed by atoms with Crippen LogP contribution >= 0.6 is 0 Å². The van der Waals surface area contributed by atoms with E-state index in [0.29, 0.717) is 18.6 Å². The van der Waals surface area contributed by atoms with Crippen molar-refractivity contribution < 1.29 is 4.79 Å². The topological polar surface area (TPSA) is 41.1 Å². The van der Waals surface area contributed by atoms with Gasteiger partial charge in [-0.1, -0.05) is 19.8 Å². The fourth-order valence-electron chi connectivity index (χ4n) is 1.79. The maximum absolute atomic E-state index is 11.4. The molecule has 0 aromatic carbocycles. The molecule has 1 rings (SSSR count). The molecule has 1 aliphatic carbocycles. The molecule has 0 radical (unpaired) electrons. The monoisotopic (exact) mass is 198 g/mol. The van der Waals surface area contributed by atoms with Crippen LogP contribution in [0.4, 0.5) is 0 Å². The van der Waals surface area contributed by atoms with Crippen molar-refractivity contribution in [3.05, 3.63) is 0 Å². The summed E-state index contributed by atoms with van der Waals surface area (Å²) in [6.45, 7) is 4.60. The third kappa shape index (κ3) is 4.09. The van der Waals surface area contributed by atoms with Crippen LogP contribution in [0.25, 0.3) is 0 Å². The third-order valence-corrected chi connectivity index (χ3v) is 2.93. The fraction of sp³-hybridized carbons (Fsp3) is 0.909. The number of rotatable bonds is 5. The first kappa shape index (κ1) is 11.5. The van der Waals surface area contributed by atoms with E-state index in [9.17, 15) is 4.79 Å². The molecule has 1 aliphatic rings. The van der Waals surface area contributed by atoms with Crippen LogP contribution in [0, 0.1) is 0 Å². The van der Waals surface area contributed by atoms with Crippen molar-refractivity contribution in [2.75, 3.05) is 6.54 Å². The Morgan fingerprint density at radius 1 is 1.43 bits per heavy atom. The lowest BCUT2D eigenvalue weighted by Crippen LogP contribution is -2.41. The average molecular weight is 198 g/mol. The Bertz CT molecular complexity index is 176. The largest absolute Gasteiger partial charge is 0.353 e. The van der Waals surface area contributed by atoms with Crippen molar-refractivity contribution in [2.45, 2.75) is 58.0 Å². The van der Waals surface area contributed by atoms with E-state index in [4.69, 9.17) is 0 Å². The number of hydrogen-bond acceptors (Lipinski definition) is 2. The molecule has 0 heterocycles. The van der Waals surface area contributed by atoms with Gasteiger partial charge in [0.1, 0.15) is 0 Å². The molecule has 2 N–H and O–H groups in total. The Labute approximate surface area is 86.6 Å². The van der Waals surface area contributed by atoms with Crippen LogP contribution in [-0.2, 0) is 4.79 Å². The van der Waals surface area contributed by atoms with Gasteiger partial charge in [0.25, 0.3) is 0 Å². The summed E-state index contributed by atoms with van der Waals surface area (Å²) in [7, 11) is 0. The van der Waals surface area contributed by atoms with Crippen LogP contribution < -0.4 is 10.6 Å². The van der Waals surface area contributed by atoms with Gasteiger partial charge in [-0.3, -0.25) is 4.79 Å². The lowest BCUT2D eigenvalue weighted by Gasteiger charge is -2.14. The van der Waals surface area contributed by atoms with Gasteiger partial charge in [0.05, 0.1) is 6.54 Å². The van der Waals surface area contributed by atoms with Gasteiger partial charge in [-0.25, -0.2) is 0 Å². The Morgan fingerprint density at radius 3 is 2.64 bits per heavy atom. The average Bonchev–Trinajstić information content (AvgIpc) is 2.67. The summed E-state index contributed by atoms with van der Waals surface area (Å²) >= 11 is 0. The molecule has 14 heavy (non-hydrogen) atoms. The summed E-state index contributed by atoms with van der Waals surface area (Å²) < 4.78 is 0. The number of carbonyl (C=O) groups excluding carboxylic acids is 1. The molecule has 1 atom stereocenters. The molecule has 0 aliphatic heterocycles. The van der Waals surface area contributed by atoms with Crippen molar-refractivity contribution >= 4 is 5.91 Å². The first-order valence-corrected chi connectivity index (χ1v) is 5.75. The van der Waals surface area contributed by atoms with E-state index in [2.05, 4.69) is 17.6 Å². The molecule has 1 amide bonds. The number of amides is 1. The lowest BCUT2D eigenvalue weighted by atomic mass is 10.2. The van der Waals surface area contributed by atoms with E-state index in [-0.39, 0.29) is 5.91 Å². The predicted molar refractivity (Wildman–Crippen MR) is 58.2 cm³/mol. The van der Waals surface area contributed by atoms with Gasteiger partial charge in [0.2, 0.25) is 5.91 Å². The van der Waals surface area contributed by atoms with Crippen LogP contribution in [0.15, 0.2) is 0 Å². The molecule has 82 valence electrons. The quantitative estimate of drug-likeness (QED) is 0.701. The lowest BCUT2D eigenvalue weighted by molar-refractivity contribution is -0.121. The zero-order chi connectivity index (χ0) is 10.4. The normalized spacial score (nSPS) is 19.6. The van der Waals surface area contributed by atoms with Gasteiger partial charge in [0, 0.05) is 12.1 Å². The summed E-state index contributed by atoms with van der Waals surface area (Å²) in [5.41, 5.74) is 0. The zero-order valence-corrected chi connectivity index (χ0v) is 9.31. The molecule has 1 unspecified atom stereocenters. The van der Waals surface area contributed by atoms with E-state index >= 15 is 0 Å². The highest BCUT2D eigenvalue weighted by atomic mass is 16.1. The maximum Gasteiger partial charge on any atom is 0.234 e. The number of carbonyl (C=O) groups is 1. The third-order valence-electron chi connectivity index (χ3n) is 2.93. The molecule has 0 aromatic heterocycles. The SMILES string of the molecule is CCC(C)NC(=O)CNC1CCCC1. The maximum atomic E-state index is 11.4. The van der Waals surface area contributed by atoms with E-state index in [1.54, 1.807) is 0 Å². The van der Waals surface area contributed by atoms with Gasteiger partial charge in [-0.15, -0.1) is 0 Å². The van der Waals surface area contributed by atoms with Crippen LogP contribution in [0.2, 0.25) is 0 Å². The number of nitrogens with one attached hydrogen (secondary N) is 2. The Morgan fingerprint density at radius 2 is 2.07 bits per heavy atom. The van der Waals surface area contributed by atoms with Crippen LogP contribution in [-0.4, -0.2) is 24.5 Å². The van der Waals surface area contributed by atoms with Gasteiger partial charge in [-0.05, 0) is 26.2 Å². The molecule has 0 bridgehead atoms. The van der Waals surface area contributed by atoms with Crippen molar-refractivity contribution in [1.82, 2.24) is 10.6 Å². The van der Waals surface area contributed by atoms with Crippen LogP contribution in [0.3, 0.4) is 0 Å². The van der Waals surface area contributed by atoms with Crippen molar-refractivity contribution in [2.24, 2.45) is 0 Å². The van der Waals surface area contributed by atoms with Crippen LogP contribution in [0.1, 0.15) is 46.0 Å². The minimum absolute atomic E-state index is 0.131. The second-order valence-corrected chi connectivity index (χ2v) is 4.24. The second-order valence-electron chi connectivity index (χ2n) is 4.24. The van der Waals surface area contributed by atoms with Crippen molar-refractivity contribution in [1.29, 1.82) is 0 Å². The summed E-state index contributed by atoms with van der Waals surface area (Å²) in [6, 6.07) is 0.880. The molecule has 3 heteroatoms. The van der Waals surface area contributed by atoms with E-state index in [0.717, 1.165) is 6.42 Å². The summed E-state index contributed by atoms with van der Waals surface area (Å²) in [6.07, 6.45) is 6.08. The Hall–Kier alpha value is -0.570. The van der Waals surface area contributed by atoms with Gasteiger partial charge in [-0.2, -0.15) is 0 Å². The smallest absolute Gasteiger partial charge is 0.234 e. The predicted octanol–water partition coefficient (Wildman–Crippen LogP) is 1.43. The summed E-state index contributed by atoms with van der Waals surface area (Å²) in [5.74, 6) is 0.131. The van der Waals surface area contributed by atoms with Crippen molar-refractivity contribution in [3.8, 4) is 0 Å². The molecular formula is C11H22N2O. The van der Waals surface area contributed by atoms with Gasteiger partial charge >= 0.3 is 0 Å². The fourth-order valence-corrected chi connectivity index (χ4v) is 1.79. The molecule has 0 spiro atoms. The zero-order valence-electron chi connectivity index (χ0n) is 9.31. The molecule has 0 saturated heterocycles. The van der Waals surface area contributed by atoms with E-state index in [1.807, 2.05) is 6.92 Å². The standard InChI is InChI=1S/C11H22N2O/c1-3-9(2)13-11(14)8-12-10-6-4-5-7-10/h9-10,12H,3-8H2,1-2H3,(H,13,14). The van der Waals surface area contributed by atoms with E-state index in [1.165, 1.54) is 25.7 Å². The van der Waals surface area contributed by atoms with Gasteiger partial charge < -0.3 is 10.6 Å². The van der Waals surface area contributed by atoms with Gasteiger partial charge in [0.15, 0.2) is 0 Å². The first-order chi connectivity index (χ1) is 6.72. The second kappa shape index (κ2) is 6.02. The highest BCUT2D eigenvalue weighted by Crippen LogP contribution is 2.17. The first-order valence-electron chi connectivity index (χ1n) is 5.75. The summed E-state index contributed by atoms with van der Waals surface area (Å²) in [5, 5.41) is 6.25. The van der Waals surface area contributed by atoms with Crippen molar-refractivity contribution in [3.63, 3.8) is 0 Å². The highest BCUT2D eigenvalue weighted by Gasteiger charge is 2.15. The molecule has 1 saturated carbocycles. The highest BCUT2D eigenvalue weighted by molar-refractivity contribution is 5.78. The minimum Gasteiger partial charge on any atom is -0.353 e. The Kier molecular flexibility index (Phi) is 4.94.